The summed E-state index contributed by atoms with van der Waals surface area (Å²) in [6.45, 7) is 5.68. The van der Waals surface area contributed by atoms with Gasteiger partial charge < -0.3 is 15.2 Å². The lowest BCUT2D eigenvalue weighted by atomic mass is 10.1. The summed E-state index contributed by atoms with van der Waals surface area (Å²) in [6, 6.07) is 16.6. The highest BCUT2D eigenvalue weighted by molar-refractivity contribution is 7.99. The maximum absolute atomic E-state index is 12.8. The first-order chi connectivity index (χ1) is 14.5. The Kier molecular flexibility index (Phi) is 7.30. The number of para-hydroxylation sites is 1. The minimum atomic E-state index is -0.231. The van der Waals surface area contributed by atoms with Gasteiger partial charge in [0.05, 0.1) is 28.7 Å². The number of hydrogen-bond acceptors (Lipinski definition) is 5. The maximum atomic E-state index is 12.8. The Morgan fingerprint density at radius 3 is 2.47 bits per heavy atom. The summed E-state index contributed by atoms with van der Waals surface area (Å²) in [6.07, 6.45) is 0. The number of thioether (sulfide) groups is 1. The summed E-state index contributed by atoms with van der Waals surface area (Å²) in [4.78, 5) is 25.2. The monoisotopic (exact) mass is 423 g/mol. The number of nitrogens with zero attached hydrogens (tertiary/aromatic N) is 1. The first kappa shape index (κ1) is 21.6. The molecule has 1 aromatic heterocycles. The van der Waals surface area contributed by atoms with Gasteiger partial charge in [-0.2, -0.15) is 0 Å². The molecular formula is C23H25N3O3S. The molecule has 0 saturated heterocycles. The Morgan fingerprint density at radius 2 is 1.77 bits per heavy atom. The molecule has 1 heterocycles. The van der Waals surface area contributed by atoms with E-state index in [1.807, 2.05) is 51.1 Å². The Balaban J connectivity index is 1.59. The molecule has 0 fully saturated rings. The zero-order valence-electron chi connectivity index (χ0n) is 17.3. The molecule has 3 rings (SSSR count). The summed E-state index contributed by atoms with van der Waals surface area (Å²) in [5.74, 6) is 1.29. The molecule has 156 valence electrons. The van der Waals surface area contributed by atoms with Crippen LogP contribution in [0.2, 0.25) is 0 Å². The molecule has 30 heavy (non-hydrogen) atoms. The first-order valence-electron chi connectivity index (χ1n) is 9.70. The molecular weight excluding hydrogens is 398 g/mol. The van der Waals surface area contributed by atoms with E-state index in [1.54, 1.807) is 24.3 Å². The van der Waals surface area contributed by atoms with E-state index < -0.39 is 0 Å². The minimum Gasteiger partial charge on any atom is -0.361 e. The highest BCUT2D eigenvalue weighted by atomic mass is 32.2. The topological polar surface area (TPSA) is 84.2 Å². The summed E-state index contributed by atoms with van der Waals surface area (Å²) in [7, 11) is 0. The van der Waals surface area contributed by atoms with E-state index >= 15 is 0 Å². The van der Waals surface area contributed by atoms with E-state index in [-0.39, 0.29) is 23.6 Å². The Morgan fingerprint density at radius 1 is 1.07 bits per heavy atom. The number of aromatic nitrogens is 1. The van der Waals surface area contributed by atoms with Crippen molar-refractivity contribution >= 4 is 29.3 Å². The number of amides is 2. The van der Waals surface area contributed by atoms with E-state index in [9.17, 15) is 9.59 Å². The zero-order chi connectivity index (χ0) is 21.5. The summed E-state index contributed by atoms with van der Waals surface area (Å²) < 4.78 is 5.15. The number of hydrogen-bond donors (Lipinski definition) is 2. The van der Waals surface area contributed by atoms with Gasteiger partial charge in [-0.15, -0.1) is 11.8 Å². The summed E-state index contributed by atoms with van der Waals surface area (Å²) in [5.41, 5.74) is 3.81. The Bertz CT molecular complexity index is 998. The molecule has 0 bridgehead atoms. The molecule has 0 aliphatic heterocycles. The molecule has 1 unspecified atom stereocenters. The van der Waals surface area contributed by atoms with Gasteiger partial charge >= 0.3 is 0 Å². The van der Waals surface area contributed by atoms with E-state index in [0.717, 1.165) is 22.6 Å². The van der Waals surface area contributed by atoms with Crippen molar-refractivity contribution < 1.29 is 14.1 Å². The number of nitrogens with one attached hydrogen (secondary N) is 2. The fourth-order valence-corrected chi connectivity index (χ4v) is 4.01. The molecule has 2 amide bonds. The third-order valence-corrected chi connectivity index (χ3v) is 5.71. The largest absolute Gasteiger partial charge is 0.361 e. The predicted molar refractivity (Wildman–Crippen MR) is 120 cm³/mol. The van der Waals surface area contributed by atoms with Gasteiger partial charge in [-0.3, -0.25) is 9.59 Å². The Hall–Kier alpha value is -3.06. The van der Waals surface area contributed by atoms with Gasteiger partial charge in [-0.1, -0.05) is 47.6 Å². The van der Waals surface area contributed by atoms with Gasteiger partial charge in [0.25, 0.3) is 5.91 Å². The standard InChI is InChI=1S/C23H25N3O3S/c1-15(18-9-5-4-6-10-18)24-23(28)19-11-7-8-12-21(19)25-22(27)14-30-13-20-16(2)26-29-17(20)3/h4-12,15H,13-14H2,1-3H3,(H,24,28)(H,25,27). The number of rotatable bonds is 8. The van der Waals surface area contributed by atoms with Crippen LogP contribution in [0.1, 0.15) is 45.9 Å². The first-order valence-corrected chi connectivity index (χ1v) is 10.9. The van der Waals surface area contributed by atoms with Crippen molar-refractivity contribution in [3.63, 3.8) is 0 Å². The maximum Gasteiger partial charge on any atom is 0.253 e. The van der Waals surface area contributed by atoms with Gasteiger partial charge in [-0.05, 0) is 38.5 Å². The van der Waals surface area contributed by atoms with E-state index in [0.29, 0.717) is 17.0 Å². The van der Waals surface area contributed by atoms with Crippen molar-refractivity contribution in [2.75, 3.05) is 11.1 Å². The third-order valence-electron chi connectivity index (χ3n) is 4.75. The zero-order valence-corrected chi connectivity index (χ0v) is 18.1. The van der Waals surface area contributed by atoms with Gasteiger partial charge in [0.15, 0.2) is 0 Å². The molecule has 0 saturated carbocycles. The van der Waals surface area contributed by atoms with E-state index in [2.05, 4.69) is 15.8 Å². The van der Waals surface area contributed by atoms with Crippen molar-refractivity contribution in [3.8, 4) is 0 Å². The van der Waals surface area contributed by atoms with Crippen molar-refractivity contribution in [3.05, 3.63) is 82.7 Å². The molecule has 0 spiro atoms. The van der Waals surface area contributed by atoms with Crippen LogP contribution < -0.4 is 10.6 Å². The smallest absolute Gasteiger partial charge is 0.253 e. The van der Waals surface area contributed by atoms with Gasteiger partial charge in [-0.25, -0.2) is 0 Å². The molecule has 1 atom stereocenters. The molecule has 6 nitrogen and oxygen atoms in total. The van der Waals surface area contributed by atoms with Crippen LogP contribution in [0.25, 0.3) is 0 Å². The summed E-state index contributed by atoms with van der Waals surface area (Å²) >= 11 is 1.48. The van der Waals surface area contributed by atoms with Crippen LogP contribution >= 0.6 is 11.8 Å². The lowest BCUT2D eigenvalue weighted by molar-refractivity contribution is -0.113. The number of carbonyl (C=O) groups is 2. The highest BCUT2D eigenvalue weighted by Gasteiger charge is 2.16. The van der Waals surface area contributed by atoms with Crippen molar-refractivity contribution in [1.82, 2.24) is 10.5 Å². The Labute approximate surface area is 180 Å². The molecule has 7 heteroatoms. The number of anilines is 1. The van der Waals surface area contributed by atoms with Gasteiger partial charge in [0, 0.05) is 11.3 Å². The minimum absolute atomic E-state index is 0.145. The van der Waals surface area contributed by atoms with Crippen LogP contribution in [0.4, 0.5) is 5.69 Å². The fraction of sp³-hybridized carbons (Fsp3) is 0.261. The number of benzene rings is 2. The summed E-state index contributed by atoms with van der Waals surface area (Å²) in [5, 5.41) is 9.77. The van der Waals surface area contributed by atoms with Crippen LogP contribution in [0.5, 0.6) is 0 Å². The lowest BCUT2D eigenvalue weighted by Crippen LogP contribution is -2.28. The van der Waals surface area contributed by atoms with E-state index in [1.165, 1.54) is 11.8 Å². The van der Waals surface area contributed by atoms with Crippen molar-refractivity contribution in [1.29, 1.82) is 0 Å². The SMILES string of the molecule is Cc1noc(C)c1CSCC(=O)Nc1ccccc1C(=O)NC(C)c1ccccc1. The van der Waals surface area contributed by atoms with Gasteiger partial charge in [0.2, 0.25) is 5.91 Å². The van der Waals surface area contributed by atoms with Crippen LogP contribution in [0.15, 0.2) is 59.1 Å². The average molecular weight is 424 g/mol. The molecule has 0 aliphatic rings. The van der Waals surface area contributed by atoms with Crippen LogP contribution in [0, 0.1) is 13.8 Å². The normalized spacial score (nSPS) is 11.7. The highest BCUT2D eigenvalue weighted by Crippen LogP contribution is 2.21. The van der Waals surface area contributed by atoms with Crippen molar-refractivity contribution in [2.24, 2.45) is 0 Å². The second kappa shape index (κ2) is 10.1. The van der Waals surface area contributed by atoms with Crippen LogP contribution in [-0.2, 0) is 10.5 Å². The quantitative estimate of drug-likeness (QED) is 0.551. The second-order valence-corrected chi connectivity index (χ2v) is 7.98. The molecule has 0 aliphatic carbocycles. The van der Waals surface area contributed by atoms with E-state index in [4.69, 9.17) is 4.52 Å². The van der Waals surface area contributed by atoms with Gasteiger partial charge in [0.1, 0.15) is 5.76 Å². The molecule has 0 radical (unpaired) electrons. The number of aryl methyl sites for hydroxylation is 2. The lowest BCUT2D eigenvalue weighted by Gasteiger charge is -2.16. The fourth-order valence-electron chi connectivity index (χ4n) is 3.03. The average Bonchev–Trinajstić information content (AvgIpc) is 3.06. The second-order valence-electron chi connectivity index (χ2n) is 7.00. The van der Waals surface area contributed by atoms with Crippen LogP contribution in [-0.4, -0.2) is 22.7 Å². The van der Waals surface area contributed by atoms with Crippen LogP contribution in [0.3, 0.4) is 0 Å². The molecule has 2 N–H and O–H groups in total. The molecule has 2 aromatic carbocycles. The predicted octanol–water partition coefficient (Wildman–Crippen LogP) is 4.65. The number of carbonyl (C=O) groups excluding carboxylic acids is 2. The molecule has 3 aromatic rings. The van der Waals surface area contributed by atoms with Crippen molar-refractivity contribution in [2.45, 2.75) is 32.6 Å². The third kappa shape index (κ3) is 5.51.